The van der Waals surface area contributed by atoms with Crippen LogP contribution in [-0.2, 0) is 37.4 Å². The maximum atomic E-state index is 14.9. The van der Waals surface area contributed by atoms with E-state index in [1.54, 1.807) is 31.9 Å². The van der Waals surface area contributed by atoms with Crippen LogP contribution in [0, 0.1) is 11.3 Å². The first-order valence-electron chi connectivity index (χ1n) is 16.5. The molecule has 3 amide bonds. The summed E-state index contributed by atoms with van der Waals surface area (Å²) in [6, 6.07) is 13.0. The fourth-order valence-corrected chi connectivity index (χ4v) is 6.60. The second kappa shape index (κ2) is 12.9. The van der Waals surface area contributed by atoms with E-state index in [-0.39, 0.29) is 53.6 Å². The molecule has 0 aliphatic carbocycles. The molecule has 13 nitrogen and oxygen atoms in total. The molecule has 2 aliphatic heterocycles. The van der Waals surface area contributed by atoms with Crippen molar-refractivity contribution in [3.8, 4) is 11.6 Å². The zero-order valence-electron chi connectivity index (χ0n) is 29.1. The van der Waals surface area contributed by atoms with Gasteiger partial charge in [0.25, 0.3) is 0 Å². The average Bonchev–Trinajstić information content (AvgIpc) is 3.79. The Labute approximate surface area is 289 Å². The number of nitrogens with one attached hydrogen (secondary N) is 2. The van der Waals surface area contributed by atoms with E-state index in [2.05, 4.69) is 15.6 Å². The van der Waals surface area contributed by atoms with E-state index in [0.717, 1.165) is 11.8 Å². The number of ether oxygens (including phenoxy) is 1. The molecule has 0 radical (unpaired) electrons. The van der Waals surface area contributed by atoms with E-state index < -0.39 is 46.8 Å². The lowest BCUT2D eigenvalue weighted by Crippen LogP contribution is -2.53. The number of carbonyl (C=O) groups excluding carboxylic acids is 4. The van der Waals surface area contributed by atoms with Crippen molar-refractivity contribution in [2.45, 2.75) is 71.1 Å². The summed E-state index contributed by atoms with van der Waals surface area (Å²) in [6.45, 7) is 9.08. The molecule has 2 aliphatic rings. The Morgan fingerprint density at radius 1 is 1.14 bits per heavy atom. The number of aromatic nitrogens is 2. The minimum absolute atomic E-state index is 0.0628. The minimum Gasteiger partial charge on any atom is -0.464 e. The summed E-state index contributed by atoms with van der Waals surface area (Å²) < 4.78 is 17.4. The van der Waals surface area contributed by atoms with Crippen LogP contribution in [0.3, 0.4) is 0 Å². The number of amides is 3. The van der Waals surface area contributed by atoms with Gasteiger partial charge in [0.15, 0.2) is 17.1 Å². The lowest BCUT2D eigenvalue weighted by molar-refractivity contribution is -0.136. The van der Waals surface area contributed by atoms with Crippen LogP contribution in [0.4, 0.5) is 5.69 Å². The Balaban J connectivity index is 1.65. The van der Waals surface area contributed by atoms with Gasteiger partial charge in [0.1, 0.15) is 29.9 Å². The number of hydrogen-bond donors (Lipinski definition) is 3. The molecule has 6 rings (SSSR count). The minimum atomic E-state index is -1.50. The zero-order chi connectivity index (χ0) is 36.1. The number of esters is 1. The number of hydrogen-bond acceptors (Lipinski definition) is 10. The second-order valence-corrected chi connectivity index (χ2v) is 14.3. The van der Waals surface area contributed by atoms with Crippen molar-refractivity contribution in [1.29, 1.82) is 0 Å². The van der Waals surface area contributed by atoms with Crippen LogP contribution in [0.15, 0.2) is 63.6 Å². The predicted octanol–water partition coefficient (Wildman–Crippen LogP) is 3.88. The van der Waals surface area contributed by atoms with Crippen molar-refractivity contribution in [3.05, 3.63) is 88.8 Å². The summed E-state index contributed by atoms with van der Waals surface area (Å²) in [5, 5.41) is 16.3. The summed E-state index contributed by atoms with van der Waals surface area (Å²) >= 11 is 0. The molecule has 4 bridgehead atoms. The van der Waals surface area contributed by atoms with Crippen molar-refractivity contribution >= 4 is 29.4 Å². The number of methoxy groups -OCH3 is 1. The van der Waals surface area contributed by atoms with Crippen LogP contribution < -0.4 is 15.5 Å². The third-order valence-corrected chi connectivity index (χ3v) is 9.37. The maximum absolute atomic E-state index is 14.9. The molecule has 0 saturated carbocycles. The normalized spacial score (nSPS) is 20.9. The van der Waals surface area contributed by atoms with Gasteiger partial charge in [0, 0.05) is 19.2 Å². The van der Waals surface area contributed by atoms with Gasteiger partial charge in [-0.3, -0.25) is 14.4 Å². The summed E-state index contributed by atoms with van der Waals surface area (Å²) in [6.07, 6.45) is 0.0358. The van der Waals surface area contributed by atoms with Gasteiger partial charge in [-0.15, -0.1) is 0 Å². The molecule has 262 valence electrons. The van der Waals surface area contributed by atoms with Crippen molar-refractivity contribution in [2.75, 3.05) is 19.1 Å². The maximum Gasteiger partial charge on any atom is 0.360 e. The van der Waals surface area contributed by atoms with Crippen LogP contribution in [0.1, 0.15) is 79.5 Å². The standard InChI is InChI=1S/C37H41N5O8/c1-19(2)27(43)31(45)38-23-16-21-13-14-25-22(15-21)37(35(47)42(25)6,17-20-11-9-8-10-12-20)29-26(32-39-24(18-49-32)34(46)48-7)40-33(50-29)28(36(3,4)5)41-30(23)44/h8-15,18-19,23,27-28,43H,16-17H2,1-7H3,(H,38,45)(H,41,44)/t23-,27-,28+,37-/m0/s1. The third kappa shape index (κ3) is 5.95. The summed E-state index contributed by atoms with van der Waals surface area (Å²) in [4.78, 5) is 65.3. The quantitative estimate of drug-likeness (QED) is 0.242. The summed E-state index contributed by atoms with van der Waals surface area (Å²) in [5.41, 5.74) is 0.470. The SMILES string of the molecule is COC(=O)c1coc(-c2nc3oc2[C@@]2(Cc4ccccc4)C(=O)N(C)c4ccc(cc42)C[C@H](NC(=O)[C@@H](O)C(C)C)C(=O)N[C@H]3C(C)(C)C)n1. The van der Waals surface area contributed by atoms with Gasteiger partial charge in [-0.2, -0.15) is 0 Å². The van der Waals surface area contributed by atoms with E-state index in [1.807, 2.05) is 63.2 Å². The molecule has 0 unspecified atom stereocenters. The van der Waals surface area contributed by atoms with Gasteiger partial charge >= 0.3 is 5.97 Å². The van der Waals surface area contributed by atoms with Gasteiger partial charge < -0.3 is 34.2 Å². The first-order valence-corrected chi connectivity index (χ1v) is 16.5. The highest BCUT2D eigenvalue weighted by Crippen LogP contribution is 2.52. The van der Waals surface area contributed by atoms with Gasteiger partial charge in [0.05, 0.1) is 7.11 Å². The molecule has 3 N–H and O–H groups in total. The fourth-order valence-electron chi connectivity index (χ4n) is 6.60. The molecule has 4 atom stereocenters. The largest absolute Gasteiger partial charge is 0.464 e. The van der Waals surface area contributed by atoms with Crippen LogP contribution >= 0.6 is 0 Å². The highest BCUT2D eigenvalue weighted by Gasteiger charge is 2.56. The molecule has 2 aromatic heterocycles. The average molecular weight is 684 g/mol. The van der Waals surface area contributed by atoms with Crippen LogP contribution in [0.5, 0.6) is 0 Å². The number of nitrogens with zero attached hydrogens (tertiary/aromatic N) is 3. The zero-order valence-corrected chi connectivity index (χ0v) is 29.1. The van der Waals surface area contributed by atoms with Crippen LogP contribution in [0.2, 0.25) is 0 Å². The van der Waals surface area contributed by atoms with Gasteiger partial charge in [0.2, 0.25) is 29.5 Å². The molecular formula is C37H41N5O8. The van der Waals surface area contributed by atoms with E-state index in [1.165, 1.54) is 7.11 Å². The molecule has 0 saturated heterocycles. The highest BCUT2D eigenvalue weighted by atomic mass is 16.5. The second-order valence-electron chi connectivity index (χ2n) is 14.3. The molecule has 4 heterocycles. The highest BCUT2D eigenvalue weighted by molar-refractivity contribution is 6.10. The number of aliphatic hydroxyl groups excluding tert-OH is 1. The van der Waals surface area contributed by atoms with Crippen molar-refractivity contribution < 1.29 is 37.9 Å². The van der Waals surface area contributed by atoms with E-state index in [4.69, 9.17) is 18.6 Å². The number of carbonyl (C=O) groups is 4. The van der Waals surface area contributed by atoms with Crippen molar-refractivity contribution in [3.63, 3.8) is 0 Å². The lowest BCUT2D eigenvalue weighted by atomic mass is 9.73. The van der Waals surface area contributed by atoms with Gasteiger partial charge in [-0.25, -0.2) is 14.8 Å². The smallest absolute Gasteiger partial charge is 0.360 e. The number of rotatable bonds is 7. The molecule has 50 heavy (non-hydrogen) atoms. The van der Waals surface area contributed by atoms with Crippen molar-refractivity contribution in [2.24, 2.45) is 11.3 Å². The Morgan fingerprint density at radius 3 is 2.52 bits per heavy atom. The number of benzene rings is 2. The van der Waals surface area contributed by atoms with Crippen LogP contribution in [0.25, 0.3) is 11.6 Å². The fraction of sp³-hybridized carbons (Fsp3) is 0.405. The number of aliphatic hydroxyl groups is 1. The van der Waals surface area contributed by atoms with Crippen molar-refractivity contribution in [1.82, 2.24) is 20.6 Å². The van der Waals surface area contributed by atoms with E-state index >= 15 is 0 Å². The molecule has 0 spiro atoms. The summed E-state index contributed by atoms with van der Waals surface area (Å²) in [7, 11) is 2.91. The molecule has 0 fully saturated rings. The number of oxazole rings is 2. The van der Waals surface area contributed by atoms with Gasteiger partial charge in [-0.1, -0.05) is 77.1 Å². The van der Waals surface area contributed by atoms with E-state index in [0.29, 0.717) is 16.8 Å². The topological polar surface area (TPSA) is 177 Å². The molecule has 13 heteroatoms. The Kier molecular flexibility index (Phi) is 8.89. The predicted molar refractivity (Wildman–Crippen MR) is 181 cm³/mol. The van der Waals surface area contributed by atoms with E-state index in [9.17, 15) is 24.3 Å². The third-order valence-electron chi connectivity index (χ3n) is 9.37. The Bertz CT molecular complexity index is 1960. The monoisotopic (exact) mass is 683 g/mol. The lowest BCUT2D eigenvalue weighted by Gasteiger charge is -2.32. The first-order chi connectivity index (χ1) is 23.6. The van der Waals surface area contributed by atoms with Crippen LogP contribution in [-0.4, -0.2) is 65.1 Å². The van der Waals surface area contributed by atoms with Gasteiger partial charge in [-0.05, 0) is 40.5 Å². The first kappa shape index (κ1) is 34.6. The Hall–Kier alpha value is -5.30. The molecule has 2 aromatic carbocycles. The number of fused-ring (bicyclic) bond motifs is 4. The number of likely N-dealkylation sites (N-methyl/N-ethyl adjacent to an activating group) is 1. The molecular weight excluding hydrogens is 642 g/mol. The Morgan fingerprint density at radius 2 is 1.86 bits per heavy atom. The molecule has 4 aromatic rings. The summed E-state index contributed by atoms with van der Waals surface area (Å²) in [5.74, 6) is -2.49. The number of anilines is 1.